The van der Waals surface area contributed by atoms with Crippen molar-refractivity contribution in [1.29, 1.82) is 0 Å². The van der Waals surface area contributed by atoms with E-state index in [0.717, 1.165) is 19.3 Å². The number of hydrogen-bond acceptors (Lipinski definition) is 3. The van der Waals surface area contributed by atoms with Gasteiger partial charge in [-0.1, -0.05) is 18.0 Å². The van der Waals surface area contributed by atoms with E-state index in [1.165, 1.54) is 12.1 Å². The number of ether oxygens (including phenoxy) is 1. The van der Waals surface area contributed by atoms with Crippen LogP contribution in [-0.4, -0.2) is 24.4 Å². The molecule has 1 saturated carbocycles. The minimum atomic E-state index is -2.86. The first-order valence-electron chi connectivity index (χ1n) is 6.68. The zero-order chi connectivity index (χ0) is 14.5. The fourth-order valence-electron chi connectivity index (χ4n) is 2.54. The third-order valence-corrected chi connectivity index (χ3v) is 3.81. The molecule has 2 N–H and O–H groups in total. The maximum atomic E-state index is 12.3. The molecule has 1 aromatic carbocycles. The van der Waals surface area contributed by atoms with Gasteiger partial charge in [0.25, 0.3) is 0 Å². The van der Waals surface area contributed by atoms with Gasteiger partial charge in [0.15, 0.2) is 0 Å². The smallest absolute Gasteiger partial charge is 0.387 e. The first-order valence-corrected chi connectivity index (χ1v) is 7.06. The summed E-state index contributed by atoms with van der Waals surface area (Å²) in [6.45, 7) is -1.82. The number of aliphatic hydroxyl groups excluding tert-OH is 1. The molecular weight excluding hydrogens is 288 g/mol. The number of aliphatic hydroxyl groups is 1. The van der Waals surface area contributed by atoms with Gasteiger partial charge in [0, 0.05) is 23.7 Å². The quantitative estimate of drug-likeness (QED) is 0.848. The lowest BCUT2D eigenvalue weighted by molar-refractivity contribution is -0.0505. The van der Waals surface area contributed by atoms with Crippen LogP contribution in [0.5, 0.6) is 5.75 Å². The molecule has 20 heavy (non-hydrogen) atoms. The van der Waals surface area contributed by atoms with Crippen LogP contribution in [0.3, 0.4) is 0 Å². The van der Waals surface area contributed by atoms with E-state index in [0.29, 0.717) is 23.7 Å². The molecule has 2 unspecified atom stereocenters. The van der Waals surface area contributed by atoms with Crippen LogP contribution in [-0.2, 0) is 6.54 Å². The van der Waals surface area contributed by atoms with Gasteiger partial charge < -0.3 is 15.2 Å². The highest BCUT2D eigenvalue weighted by Gasteiger charge is 2.24. The number of rotatable bonds is 6. The van der Waals surface area contributed by atoms with E-state index in [2.05, 4.69) is 10.1 Å². The zero-order valence-electron chi connectivity index (χ0n) is 11.0. The Morgan fingerprint density at radius 1 is 1.40 bits per heavy atom. The molecule has 1 aromatic rings. The number of halogens is 3. The summed E-state index contributed by atoms with van der Waals surface area (Å²) in [5.74, 6) is 0.359. The van der Waals surface area contributed by atoms with E-state index in [-0.39, 0.29) is 17.8 Å². The summed E-state index contributed by atoms with van der Waals surface area (Å²) < 4.78 is 29.1. The van der Waals surface area contributed by atoms with Crippen molar-refractivity contribution in [2.24, 2.45) is 5.92 Å². The summed E-state index contributed by atoms with van der Waals surface area (Å²) in [7, 11) is 0. The van der Waals surface area contributed by atoms with E-state index in [1.807, 2.05) is 0 Å². The van der Waals surface area contributed by atoms with Gasteiger partial charge in [-0.15, -0.1) is 0 Å². The van der Waals surface area contributed by atoms with Gasteiger partial charge >= 0.3 is 6.61 Å². The maximum Gasteiger partial charge on any atom is 0.387 e. The zero-order valence-corrected chi connectivity index (χ0v) is 11.7. The Balaban J connectivity index is 1.92. The Bertz CT molecular complexity index is 445. The minimum Gasteiger partial charge on any atom is -0.434 e. The minimum absolute atomic E-state index is 0.129. The largest absolute Gasteiger partial charge is 0.434 e. The first kappa shape index (κ1) is 15.5. The molecular formula is C14H18ClF2NO2. The van der Waals surface area contributed by atoms with Gasteiger partial charge in [-0.05, 0) is 37.0 Å². The fraction of sp³-hybridized carbons (Fsp3) is 0.571. The second-order valence-electron chi connectivity index (χ2n) is 5.02. The van der Waals surface area contributed by atoms with E-state index in [1.54, 1.807) is 6.07 Å². The molecule has 0 heterocycles. The highest BCUT2D eigenvalue weighted by Crippen LogP contribution is 2.26. The van der Waals surface area contributed by atoms with Crippen LogP contribution < -0.4 is 10.1 Å². The van der Waals surface area contributed by atoms with Crippen molar-refractivity contribution in [2.45, 2.75) is 38.5 Å². The van der Waals surface area contributed by atoms with Crippen LogP contribution in [0, 0.1) is 5.92 Å². The fourth-order valence-corrected chi connectivity index (χ4v) is 2.74. The third-order valence-electron chi connectivity index (χ3n) is 3.58. The lowest BCUT2D eigenvalue weighted by Crippen LogP contribution is -2.27. The summed E-state index contributed by atoms with van der Waals surface area (Å²) in [6.07, 6.45) is 2.59. The predicted molar refractivity (Wildman–Crippen MR) is 73.1 cm³/mol. The van der Waals surface area contributed by atoms with E-state index < -0.39 is 6.61 Å². The van der Waals surface area contributed by atoms with Crippen LogP contribution in [0.15, 0.2) is 18.2 Å². The summed E-state index contributed by atoms with van der Waals surface area (Å²) in [5, 5.41) is 13.4. The van der Waals surface area contributed by atoms with E-state index >= 15 is 0 Å². The van der Waals surface area contributed by atoms with Gasteiger partial charge in [0.05, 0.1) is 6.10 Å². The summed E-state index contributed by atoms with van der Waals surface area (Å²) in [4.78, 5) is 0. The van der Waals surface area contributed by atoms with Gasteiger partial charge in [-0.3, -0.25) is 0 Å². The average molecular weight is 306 g/mol. The summed E-state index contributed by atoms with van der Waals surface area (Å²) in [5.41, 5.74) is 0.588. The van der Waals surface area contributed by atoms with Crippen molar-refractivity contribution in [3.8, 4) is 5.75 Å². The Kier molecular flexibility index (Phi) is 5.57. The Morgan fingerprint density at radius 2 is 2.20 bits per heavy atom. The van der Waals surface area contributed by atoms with Crippen LogP contribution in [0.25, 0.3) is 0 Å². The number of alkyl halides is 2. The predicted octanol–water partition coefficient (Wildman–Crippen LogP) is 3.19. The lowest BCUT2D eigenvalue weighted by Gasteiger charge is -2.16. The molecule has 3 nitrogen and oxygen atoms in total. The standard InChI is InChI=1S/C14H18ClF2NO2/c15-11-4-5-13(20-14(16)17)10(6-11)8-18-7-9-2-1-3-12(9)19/h4-6,9,12,14,18-19H,1-3,7-8H2. The molecule has 2 rings (SSSR count). The second kappa shape index (κ2) is 7.20. The highest BCUT2D eigenvalue weighted by atomic mass is 35.5. The van der Waals surface area contributed by atoms with Gasteiger partial charge in [0.2, 0.25) is 0 Å². The second-order valence-corrected chi connectivity index (χ2v) is 5.46. The van der Waals surface area contributed by atoms with Crippen molar-refractivity contribution in [3.05, 3.63) is 28.8 Å². The molecule has 0 aromatic heterocycles. The van der Waals surface area contributed by atoms with Crippen molar-refractivity contribution >= 4 is 11.6 Å². The number of benzene rings is 1. The maximum absolute atomic E-state index is 12.3. The molecule has 0 radical (unpaired) electrons. The van der Waals surface area contributed by atoms with Crippen LogP contribution >= 0.6 is 11.6 Å². The molecule has 0 saturated heterocycles. The summed E-state index contributed by atoms with van der Waals surface area (Å²) >= 11 is 5.87. The molecule has 1 fully saturated rings. The summed E-state index contributed by atoms with van der Waals surface area (Å²) in [6, 6.07) is 4.57. The Labute approximate surface area is 121 Å². The van der Waals surface area contributed by atoms with Crippen molar-refractivity contribution in [2.75, 3.05) is 6.54 Å². The van der Waals surface area contributed by atoms with Crippen molar-refractivity contribution in [1.82, 2.24) is 5.32 Å². The number of hydrogen-bond donors (Lipinski definition) is 2. The third kappa shape index (κ3) is 4.30. The molecule has 112 valence electrons. The molecule has 1 aliphatic carbocycles. The normalized spacial score (nSPS) is 22.4. The monoisotopic (exact) mass is 305 g/mol. The topological polar surface area (TPSA) is 41.5 Å². The van der Waals surface area contributed by atoms with Crippen molar-refractivity contribution in [3.63, 3.8) is 0 Å². The Morgan fingerprint density at radius 3 is 2.85 bits per heavy atom. The lowest BCUT2D eigenvalue weighted by atomic mass is 10.1. The van der Waals surface area contributed by atoms with E-state index in [9.17, 15) is 13.9 Å². The van der Waals surface area contributed by atoms with Gasteiger partial charge in [-0.25, -0.2) is 0 Å². The molecule has 0 bridgehead atoms. The number of nitrogens with one attached hydrogen (secondary N) is 1. The van der Waals surface area contributed by atoms with Gasteiger partial charge in [0.1, 0.15) is 5.75 Å². The van der Waals surface area contributed by atoms with Crippen LogP contribution in [0.4, 0.5) is 8.78 Å². The van der Waals surface area contributed by atoms with Crippen LogP contribution in [0.2, 0.25) is 5.02 Å². The molecule has 0 aliphatic heterocycles. The molecule has 0 spiro atoms. The van der Waals surface area contributed by atoms with E-state index in [4.69, 9.17) is 11.6 Å². The SMILES string of the molecule is OC1CCCC1CNCc1cc(Cl)ccc1OC(F)F. The van der Waals surface area contributed by atoms with Crippen LogP contribution in [0.1, 0.15) is 24.8 Å². The molecule has 0 amide bonds. The molecule has 1 aliphatic rings. The molecule has 2 atom stereocenters. The molecule has 6 heteroatoms. The average Bonchev–Trinajstić information content (AvgIpc) is 2.78. The first-order chi connectivity index (χ1) is 9.56. The van der Waals surface area contributed by atoms with Gasteiger partial charge in [-0.2, -0.15) is 8.78 Å². The highest BCUT2D eigenvalue weighted by molar-refractivity contribution is 6.30. The van der Waals surface area contributed by atoms with Crippen molar-refractivity contribution < 1.29 is 18.6 Å². The Hall–Kier alpha value is -0.910.